The Bertz CT molecular complexity index is 1110. The van der Waals surface area contributed by atoms with Gasteiger partial charge in [0.05, 0.1) is 30.1 Å². The molecule has 1 aliphatic carbocycles. The van der Waals surface area contributed by atoms with Crippen molar-refractivity contribution in [2.45, 2.75) is 46.1 Å². The molecule has 2 aromatic carbocycles. The highest BCUT2D eigenvalue weighted by molar-refractivity contribution is 6.06. The molecular weight excluding hydrogens is 404 g/mol. The van der Waals surface area contributed by atoms with Gasteiger partial charge in [-0.3, -0.25) is 14.5 Å². The zero-order valence-corrected chi connectivity index (χ0v) is 18.9. The maximum atomic E-state index is 13.5. The van der Waals surface area contributed by atoms with Crippen LogP contribution < -0.4 is 10.2 Å². The molecule has 6 heteroatoms. The van der Waals surface area contributed by atoms with Crippen LogP contribution in [0.5, 0.6) is 0 Å². The highest BCUT2D eigenvalue weighted by Crippen LogP contribution is 2.48. The van der Waals surface area contributed by atoms with Crippen LogP contribution in [0.1, 0.15) is 62.0 Å². The fourth-order valence-electron chi connectivity index (χ4n) is 4.67. The number of nitrogens with zero attached hydrogens (tertiary/aromatic N) is 1. The number of fused-ring (bicyclic) bond motifs is 1. The van der Waals surface area contributed by atoms with Gasteiger partial charge in [0, 0.05) is 24.1 Å². The maximum absolute atomic E-state index is 13.5. The van der Waals surface area contributed by atoms with Gasteiger partial charge < -0.3 is 10.1 Å². The summed E-state index contributed by atoms with van der Waals surface area (Å²) in [4.78, 5) is 40.4. The average Bonchev–Trinajstić information content (AvgIpc) is 2.91. The monoisotopic (exact) mass is 432 g/mol. The predicted molar refractivity (Wildman–Crippen MR) is 123 cm³/mol. The van der Waals surface area contributed by atoms with Crippen LogP contribution in [-0.2, 0) is 14.3 Å². The number of allylic oxidation sites excluding steroid dienone is 1. The van der Waals surface area contributed by atoms with Gasteiger partial charge in [0.2, 0.25) is 5.91 Å². The van der Waals surface area contributed by atoms with Gasteiger partial charge in [-0.25, -0.2) is 4.79 Å². The molecule has 6 nitrogen and oxygen atoms in total. The van der Waals surface area contributed by atoms with Gasteiger partial charge >= 0.3 is 5.97 Å². The molecule has 0 fully saturated rings. The fraction of sp³-hybridized carbons (Fsp3) is 0.346. The van der Waals surface area contributed by atoms with E-state index >= 15 is 0 Å². The molecule has 1 heterocycles. The molecule has 0 saturated heterocycles. The summed E-state index contributed by atoms with van der Waals surface area (Å²) >= 11 is 0. The summed E-state index contributed by atoms with van der Waals surface area (Å²) in [5.74, 6) is -0.471. The zero-order chi connectivity index (χ0) is 23.0. The van der Waals surface area contributed by atoms with Crippen molar-refractivity contribution in [1.29, 1.82) is 0 Å². The lowest BCUT2D eigenvalue weighted by molar-refractivity contribution is -0.119. The third kappa shape index (κ3) is 3.81. The molecule has 1 aliphatic heterocycles. The van der Waals surface area contributed by atoms with Gasteiger partial charge in [-0.05, 0) is 41.7 Å². The first-order chi connectivity index (χ1) is 15.3. The summed E-state index contributed by atoms with van der Waals surface area (Å²) in [5, 5.41) is 3.49. The second kappa shape index (κ2) is 8.26. The zero-order valence-electron chi connectivity index (χ0n) is 18.9. The Hall–Kier alpha value is -3.41. The van der Waals surface area contributed by atoms with Crippen LogP contribution in [0.15, 0.2) is 59.8 Å². The summed E-state index contributed by atoms with van der Waals surface area (Å²) in [6.07, 6.45) is 1.41. The number of hydrogen-bond donors (Lipinski definition) is 1. The van der Waals surface area contributed by atoms with E-state index in [2.05, 4.69) is 19.2 Å². The molecule has 2 aromatic rings. The fourth-order valence-corrected chi connectivity index (χ4v) is 4.67. The molecule has 0 radical (unpaired) electrons. The SMILES string of the molecule is CCC(=O)N1c2ccccc2NC2=C(C(=O)CC(C)(C)C2)C1c1ccc(C(=O)OC)cc1. The molecule has 0 bridgehead atoms. The molecule has 0 aromatic heterocycles. The normalized spacial score (nSPS) is 19.4. The van der Waals surface area contributed by atoms with E-state index in [0.717, 1.165) is 22.6 Å². The number of amides is 1. The largest absolute Gasteiger partial charge is 0.465 e. The molecule has 0 spiro atoms. The number of nitrogens with one attached hydrogen (secondary N) is 1. The number of carbonyl (C=O) groups excluding carboxylic acids is 3. The summed E-state index contributed by atoms with van der Waals surface area (Å²) in [7, 11) is 1.34. The van der Waals surface area contributed by atoms with Crippen molar-refractivity contribution in [2.24, 2.45) is 5.41 Å². The third-order valence-electron chi connectivity index (χ3n) is 6.12. The Labute approximate surface area is 188 Å². The second-order valence-electron chi connectivity index (χ2n) is 9.11. The van der Waals surface area contributed by atoms with Crippen molar-refractivity contribution in [3.05, 3.63) is 70.9 Å². The lowest BCUT2D eigenvalue weighted by atomic mass is 9.73. The van der Waals surface area contributed by atoms with Crippen LogP contribution >= 0.6 is 0 Å². The number of ketones is 1. The van der Waals surface area contributed by atoms with Crippen molar-refractivity contribution in [3.8, 4) is 0 Å². The van der Waals surface area contributed by atoms with Gasteiger partial charge in [-0.15, -0.1) is 0 Å². The Morgan fingerprint density at radius 3 is 2.44 bits per heavy atom. The Kier molecular flexibility index (Phi) is 5.63. The molecule has 4 rings (SSSR count). The van der Waals surface area contributed by atoms with Gasteiger partial charge in [-0.2, -0.15) is 0 Å². The van der Waals surface area contributed by atoms with Crippen molar-refractivity contribution >= 4 is 29.0 Å². The van der Waals surface area contributed by atoms with E-state index in [0.29, 0.717) is 30.4 Å². The van der Waals surface area contributed by atoms with E-state index in [-0.39, 0.29) is 17.1 Å². The molecule has 1 unspecified atom stereocenters. The average molecular weight is 433 g/mol. The Balaban J connectivity index is 1.96. The van der Waals surface area contributed by atoms with E-state index < -0.39 is 12.0 Å². The highest BCUT2D eigenvalue weighted by atomic mass is 16.5. The van der Waals surface area contributed by atoms with E-state index in [1.54, 1.807) is 29.2 Å². The third-order valence-corrected chi connectivity index (χ3v) is 6.12. The number of carbonyl (C=O) groups is 3. The van der Waals surface area contributed by atoms with E-state index in [1.807, 2.05) is 31.2 Å². The standard InChI is InChI=1S/C26H28N2O4/c1-5-22(30)28-20-9-7-6-8-18(20)27-19-14-26(2,3)15-21(29)23(19)24(28)16-10-12-17(13-11-16)25(31)32-4/h6-13,24,27H,5,14-15H2,1-4H3. The molecule has 0 saturated carbocycles. The highest BCUT2D eigenvalue weighted by Gasteiger charge is 2.42. The van der Waals surface area contributed by atoms with Crippen LogP contribution in [0.25, 0.3) is 0 Å². The number of para-hydroxylation sites is 2. The number of rotatable bonds is 3. The van der Waals surface area contributed by atoms with Crippen molar-refractivity contribution in [2.75, 3.05) is 17.3 Å². The summed E-state index contributed by atoms with van der Waals surface area (Å²) in [6, 6.07) is 14.0. The number of benzene rings is 2. The van der Waals surface area contributed by atoms with Gasteiger partial charge in [-0.1, -0.05) is 45.0 Å². The lowest BCUT2D eigenvalue weighted by Crippen LogP contribution is -2.39. The minimum atomic E-state index is -0.580. The van der Waals surface area contributed by atoms with Crippen LogP contribution in [-0.4, -0.2) is 24.8 Å². The molecule has 1 amide bonds. The van der Waals surface area contributed by atoms with E-state index in [9.17, 15) is 14.4 Å². The quantitative estimate of drug-likeness (QED) is 0.689. The molecule has 32 heavy (non-hydrogen) atoms. The van der Waals surface area contributed by atoms with Gasteiger partial charge in [0.15, 0.2) is 5.78 Å². The Morgan fingerprint density at radius 1 is 1.09 bits per heavy atom. The van der Waals surface area contributed by atoms with Crippen molar-refractivity contribution in [3.63, 3.8) is 0 Å². The minimum absolute atomic E-state index is 0.0347. The molecule has 1 N–H and O–H groups in total. The molecule has 2 aliphatic rings. The number of hydrogen-bond acceptors (Lipinski definition) is 5. The lowest BCUT2D eigenvalue weighted by Gasteiger charge is -2.37. The van der Waals surface area contributed by atoms with Crippen LogP contribution in [0, 0.1) is 5.41 Å². The molecule has 166 valence electrons. The van der Waals surface area contributed by atoms with E-state index in [1.165, 1.54) is 7.11 Å². The topological polar surface area (TPSA) is 75.7 Å². The summed E-state index contributed by atoms with van der Waals surface area (Å²) in [5.41, 5.74) is 4.03. The Morgan fingerprint density at radius 2 is 1.78 bits per heavy atom. The number of anilines is 2. The first-order valence-electron chi connectivity index (χ1n) is 10.9. The van der Waals surface area contributed by atoms with Gasteiger partial charge in [0.25, 0.3) is 0 Å². The van der Waals surface area contributed by atoms with Crippen molar-refractivity contribution < 1.29 is 19.1 Å². The number of Topliss-reactive ketones (excluding diaryl/α,β-unsaturated/α-hetero) is 1. The number of esters is 1. The predicted octanol–water partition coefficient (Wildman–Crippen LogP) is 5.03. The van der Waals surface area contributed by atoms with Crippen LogP contribution in [0.3, 0.4) is 0 Å². The molecule has 1 atom stereocenters. The summed E-state index contributed by atoms with van der Waals surface area (Å²) in [6.45, 7) is 5.99. The van der Waals surface area contributed by atoms with Crippen LogP contribution in [0.2, 0.25) is 0 Å². The molecular formula is C26H28N2O4. The first-order valence-corrected chi connectivity index (χ1v) is 10.9. The number of methoxy groups -OCH3 is 1. The maximum Gasteiger partial charge on any atom is 0.337 e. The summed E-state index contributed by atoms with van der Waals surface area (Å²) < 4.78 is 4.81. The second-order valence-corrected chi connectivity index (χ2v) is 9.11. The first kappa shape index (κ1) is 21.8. The van der Waals surface area contributed by atoms with Crippen molar-refractivity contribution in [1.82, 2.24) is 0 Å². The van der Waals surface area contributed by atoms with Gasteiger partial charge in [0.1, 0.15) is 0 Å². The number of ether oxygens (including phenoxy) is 1. The van der Waals surface area contributed by atoms with E-state index in [4.69, 9.17) is 4.74 Å². The van der Waals surface area contributed by atoms with Crippen LogP contribution in [0.4, 0.5) is 11.4 Å². The smallest absolute Gasteiger partial charge is 0.337 e. The minimum Gasteiger partial charge on any atom is -0.465 e.